The second-order valence-corrected chi connectivity index (χ2v) is 7.17. The third-order valence-corrected chi connectivity index (χ3v) is 5.29. The molecule has 1 N–H and O–H groups in total. The van der Waals surface area contributed by atoms with Crippen molar-refractivity contribution in [2.45, 2.75) is 51.2 Å². The highest BCUT2D eigenvalue weighted by Gasteiger charge is 2.29. The second kappa shape index (κ2) is 8.82. The predicted molar refractivity (Wildman–Crippen MR) is 95.2 cm³/mol. The van der Waals surface area contributed by atoms with Crippen LogP contribution in [-0.4, -0.2) is 48.1 Å². The van der Waals surface area contributed by atoms with Crippen molar-refractivity contribution in [2.75, 3.05) is 25.1 Å². The first-order chi connectivity index (χ1) is 10.2. The SMILES string of the molecule is CCC1CNC(Cc2ccccc2)CN1C(C)CCSC. The van der Waals surface area contributed by atoms with Crippen molar-refractivity contribution in [3.63, 3.8) is 0 Å². The average molecular weight is 307 g/mol. The molecule has 1 aromatic rings. The Labute approximate surface area is 134 Å². The van der Waals surface area contributed by atoms with Crippen LogP contribution in [0.1, 0.15) is 32.3 Å². The summed E-state index contributed by atoms with van der Waals surface area (Å²) in [5.74, 6) is 1.27. The Morgan fingerprint density at radius 1 is 1.33 bits per heavy atom. The zero-order valence-corrected chi connectivity index (χ0v) is 14.5. The Balaban J connectivity index is 1.94. The van der Waals surface area contributed by atoms with Crippen LogP contribution in [0.25, 0.3) is 0 Å². The molecule has 0 amide bonds. The van der Waals surface area contributed by atoms with Gasteiger partial charge in [0.15, 0.2) is 0 Å². The lowest BCUT2D eigenvalue weighted by Crippen LogP contribution is -2.59. The fourth-order valence-corrected chi connectivity index (χ4v) is 3.87. The van der Waals surface area contributed by atoms with Crippen molar-refractivity contribution >= 4 is 11.8 Å². The molecule has 2 rings (SSSR count). The maximum atomic E-state index is 3.76. The van der Waals surface area contributed by atoms with Crippen LogP contribution in [0.2, 0.25) is 0 Å². The van der Waals surface area contributed by atoms with Crippen LogP contribution in [0, 0.1) is 0 Å². The van der Waals surface area contributed by atoms with E-state index in [0.29, 0.717) is 18.1 Å². The minimum absolute atomic E-state index is 0.590. The molecule has 2 nitrogen and oxygen atoms in total. The van der Waals surface area contributed by atoms with Gasteiger partial charge in [0.1, 0.15) is 0 Å². The van der Waals surface area contributed by atoms with Crippen molar-refractivity contribution in [1.29, 1.82) is 0 Å². The Hall–Kier alpha value is -0.510. The molecule has 21 heavy (non-hydrogen) atoms. The van der Waals surface area contributed by atoms with Gasteiger partial charge in [-0.3, -0.25) is 4.90 Å². The topological polar surface area (TPSA) is 15.3 Å². The lowest BCUT2D eigenvalue weighted by molar-refractivity contribution is 0.0848. The van der Waals surface area contributed by atoms with Crippen LogP contribution < -0.4 is 5.32 Å². The van der Waals surface area contributed by atoms with Crippen molar-refractivity contribution in [3.8, 4) is 0 Å². The van der Waals surface area contributed by atoms with E-state index in [-0.39, 0.29) is 0 Å². The summed E-state index contributed by atoms with van der Waals surface area (Å²) in [5, 5.41) is 3.76. The summed E-state index contributed by atoms with van der Waals surface area (Å²) < 4.78 is 0. The summed E-state index contributed by atoms with van der Waals surface area (Å²) in [6.07, 6.45) is 5.90. The lowest BCUT2D eigenvalue weighted by Gasteiger charge is -2.43. The van der Waals surface area contributed by atoms with Crippen molar-refractivity contribution < 1.29 is 0 Å². The molecule has 0 aliphatic carbocycles. The van der Waals surface area contributed by atoms with Gasteiger partial charge in [-0.2, -0.15) is 11.8 Å². The van der Waals surface area contributed by atoms with E-state index in [2.05, 4.69) is 60.7 Å². The minimum atomic E-state index is 0.590. The van der Waals surface area contributed by atoms with Crippen LogP contribution in [0.15, 0.2) is 30.3 Å². The largest absolute Gasteiger partial charge is 0.311 e. The first-order valence-electron chi connectivity index (χ1n) is 8.26. The molecule has 118 valence electrons. The quantitative estimate of drug-likeness (QED) is 0.831. The molecule has 3 unspecified atom stereocenters. The number of nitrogens with zero attached hydrogens (tertiary/aromatic N) is 1. The molecule has 1 aliphatic rings. The van der Waals surface area contributed by atoms with E-state index in [0.717, 1.165) is 13.0 Å². The van der Waals surface area contributed by atoms with Gasteiger partial charge in [0.2, 0.25) is 0 Å². The molecule has 1 aliphatic heterocycles. The number of hydrogen-bond acceptors (Lipinski definition) is 3. The molecule has 0 bridgehead atoms. The summed E-state index contributed by atoms with van der Waals surface area (Å²) in [5.41, 5.74) is 1.45. The van der Waals surface area contributed by atoms with E-state index in [1.165, 1.54) is 30.7 Å². The number of benzene rings is 1. The highest BCUT2D eigenvalue weighted by Crippen LogP contribution is 2.19. The van der Waals surface area contributed by atoms with Crippen LogP contribution in [-0.2, 0) is 6.42 Å². The monoisotopic (exact) mass is 306 g/mol. The molecule has 0 saturated carbocycles. The van der Waals surface area contributed by atoms with Gasteiger partial charge in [0, 0.05) is 31.2 Å². The highest BCUT2D eigenvalue weighted by atomic mass is 32.2. The number of piperazine rings is 1. The fraction of sp³-hybridized carbons (Fsp3) is 0.667. The van der Waals surface area contributed by atoms with Crippen LogP contribution in [0.3, 0.4) is 0 Å². The molecule has 1 aromatic carbocycles. The Bertz CT molecular complexity index is 395. The Morgan fingerprint density at radius 3 is 2.76 bits per heavy atom. The first kappa shape index (κ1) is 16.9. The zero-order chi connectivity index (χ0) is 15.1. The zero-order valence-electron chi connectivity index (χ0n) is 13.7. The number of rotatable bonds is 7. The van der Waals surface area contributed by atoms with Crippen LogP contribution in [0.4, 0.5) is 0 Å². The van der Waals surface area contributed by atoms with Crippen LogP contribution >= 0.6 is 11.8 Å². The van der Waals surface area contributed by atoms with Crippen molar-refractivity contribution in [1.82, 2.24) is 10.2 Å². The standard InChI is InChI=1S/C18H30N2S/c1-4-18-13-19-17(12-16-8-6-5-7-9-16)14-20(18)15(2)10-11-21-3/h5-9,15,17-19H,4,10-14H2,1-3H3. The van der Waals surface area contributed by atoms with Crippen molar-refractivity contribution in [2.24, 2.45) is 0 Å². The predicted octanol–water partition coefficient (Wildman–Crippen LogP) is 3.42. The number of thioether (sulfide) groups is 1. The lowest BCUT2D eigenvalue weighted by atomic mass is 9.98. The molecular formula is C18H30N2S. The Morgan fingerprint density at radius 2 is 2.10 bits per heavy atom. The van der Waals surface area contributed by atoms with Gasteiger partial charge in [0.05, 0.1) is 0 Å². The number of hydrogen-bond donors (Lipinski definition) is 1. The molecule has 3 atom stereocenters. The normalized spacial score (nSPS) is 24.9. The van der Waals surface area contributed by atoms with Gasteiger partial charge in [-0.15, -0.1) is 0 Å². The van der Waals surface area contributed by atoms with Gasteiger partial charge < -0.3 is 5.32 Å². The third kappa shape index (κ3) is 5.01. The molecule has 3 heteroatoms. The summed E-state index contributed by atoms with van der Waals surface area (Å²) in [7, 11) is 0. The molecule has 1 fully saturated rings. The van der Waals surface area contributed by atoms with E-state index in [9.17, 15) is 0 Å². The first-order valence-corrected chi connectivity index (χ1v) is 9.66. The molecule has 0 aromatic heterocycles. The van der Waals surface area contributed by atoms with Gasteiger partial charge in [-0.05, 0) is 43.8 Å². The van der Waals surface area contributed by atoms with E-state index < -0.39 is 0 Å². The average Bonchev–Trinajstić information content (AvgIpc) is 2.53. The van der Waals surface area contributed by atoms with Crippen molar-refractivity contribution in [3.05, 3.63) is 35.9 Å². The summed E-state index contributed by atoms with van der Waals surface area (Å²) in [6, 6.07) is 12.9. The van der Waals surface area contributed by atoms with E-state index >= 15 is 0 Å². The summed E-state index contributed by atoms with van der Waals surface area (Å²) in [6.45, 7) is 7.04. The van der Waals surface area contributed by atoms with Gasteiger partial charge in [0.25, 0.3) is 0 Å². The molecule has 0 spiro atoms. The van der Waals surface area contributed by atoms with Gasteiger partial charge >= 0.3 is 0 Å². The fourth-order valence-electron chi connectivity index (χ4n) is 3.30. The van der Waals surface area contributed by atoms with Gasteiger partial charge in [-0.1, -0.05) is 37.3 Å². The highest BCUT2D eigenvalue weighted by molar-refractivity contribution is 7.98. The Kier molecular flexibility index (Phi) is 7.08. The smallest absolute Gasteiger partial charge is 0.0236 e. The van der Waals surface area contributed by atoms with Crippen LogP contribution in [0.5, 0.6) is 0 Å². The second-order valence-electron chi connectivity index (χ2n) is 6.18. The molecule has 1 saturated heterocycles. The molecule has 0 radical (unpaired) electrons. The summed E-state index contributed by atoms with van der Waals surface area (Å²) >= 11 is 1.96. The van der Waals surface area contributed by atoms with Gasteiger partial charge in [-0.25, -0.2) is 0 Å². The minimum Gasteiger partial charge on any atom is -0.311 e. The van der Waals surface area contributed by atoms with E-state index in [1.54, 1.807) is 0 Å². The maximum Gasteiger partial charge on any atom is 0.0236 e. The van der Waals surface area contributed by atoms with E-state index in [1.807, 2.05) is 11.8 Å². The summed E-state index contributed by atoms with van der Waals surface area (Å²) in [4.78, 5) is 2.75. The number of nitrogens with one attached hydrogen (secondary N) is 1. The maximum absolute atomic E-state index is 3.76. The molecular weight excluding hydrogens is 276 g/mol. The van der Waals surface area contributed by atoms with E-state index in [4.69, 9.17) is 0 Å². The molecule has 1 heterocycles. The third-order valence-electron chi connectivity index (χ3n) is 4.64.